The van der Waals surface area contributed by atoms with Gasteiger partial charge in [-0.15, -0.1) is 11.3 Å². The molecular weight excluding hydrogens is 431 g/mol. The van der Waals surface area contributed by atoms with Gasteiger partial charge in [-0.2, -0.15) is 13.2 Å². The zero-order chi connectivity index (χ0) is 20.8. The molecule has 29 heavy (non-hydrogen) atoms. The lowest BCUT2D eigenvalue weighted by Crippen LogP contribution is -2.49. The van der Waals surface area contributed by atoms with Crippen LogP contribution in [0.25, 0.3) is 0 Å². The van der Waals surface area contributed by atoms with Gasteiger partial charge >= 0.3 is 6.18 Å². The van der Waals surface area contributed by atoms with Crippen LogP contribution >= 0.6 is 23.1 Å². The molecule has 0 saturated carbocycles. The third-order valence-electron chi connectivity index (χ3n) is 4.76. The Labute approximate surface area is 171 Å². The number of aliphatic imine (C=N–C) groups is 1. The molecule has 2 aromatic rings. The molecule has 2 aromatic heterocycles. The minimum atomic E-state index is -4.72. The molecule has 1 saturated heterocycles. The Hall–Kier alpha value is -2.12. The maximum Gasteiger partial charge on any atom is 0.452 e. The molecule has 8 nitrogen and oxygen atoms in total. The summed E-state index contributed by atoms with van der Waals surface area (Å²) in [5.74, 6) is -1.07. The van der Waals surface area contributed by atoms with Crippen LogP contribution in [0.1, 0.15) is 34.6 Å². The minimum absolute atomic E-state index is 0.0948. The number of anilines is 1. The number of rotatable bonds is 3. The molecule has 4 heterocycles. The first-order valence-electron chi connectivity index (χ1n) is 8.58. The molecule has 1 amide bonds. The molecule has 0 bridgehead atoms. The van der Waals surface area contributed by atoms with Gasteiger partial charge in [0.25, 0.3) is 5.91 Å². The summed E-state index contributed by atoms with van der Waals surface area (Å²) in [5, 5.41) is 8.27. The number of nitrogens with zero attached hydrogens (tertiary/aromatic N) is 3. The largest absolute Gasteiger partial charge is 0.452 e. The second-order valence-corrected chi connectivity index (χ2v) is 8.70. The maximum absolute atomic E-state index is 12.6. The van der Waals surface area contributed by atoms with Crippen molar-refractivity contribution in [1.82, 2.24) is 10.1 Å². The fourth-order valence-electron chi connectivity index (χ4n) is 3.31. The van der Waals surface area contributed by atoms with Crippen LogP contribution in [0.2, 0.25) is 0 Å². The Morgan fingerprint density at radius 1 is 1.45 bits per heavy atom. The number of aromatic nitrogens is 2. The van der Waals surface area contributed by atoms with Crippen molar-refractivity contribution < 1.29 is 27.2 Å². The predicted octanol–water partition coefficient (Wildman–Crippen LogP) is 3.08. The number of thioether (sulfide) groups is 1. The van der Waals surface area contributed by atoms with Crippen molar-refractivity contribution in [3.05, 3.63) is 27.9 Å². The van der Waals surface area contributed by atoms with Gasteiger partial charge in [0.1, 0.15) is 16.4 Å². The molecular formula is C16H16F3N5O3S2. The highest BCUT2D eigenvalue weighted by atomic mass is 32.2. The number of thiazole rings is 1. The number of carbonyl (C=O) groups is 1. The zero-order valence-electron chi connectivity index (χ0n) is 15.0. The lowest BCUT2D eigenvalue weighted by molar-refractivity contribution is -0.155. The summed E-state index contributed by atoms with van der Waals surface area (Å²) in [6, 6.07) is 0.539. The minimum Gasteiger partial charge on any atom is -0.379 e. The Morgan fingerprint density at radius 3 is 2.97 bits per heavy atom. The van der Waals surface area contributed by atoms with Gasteiger partial charge in [0.15, 0.2) is 10.9 Å². The predicted molar refractivity (Wildman–Crippen MR) is 101 cm³/mol. The molecule has 2 aliphatic rings. The number of hydrogen-bond acceptors (Lipinski definition) is 9. The van der Waals surface area contributed by atoms with Crippen molar-refractivity contribution in [2.75, 3.05) is 17.7 Å². The molecule has 156 valence electrons. The Morgan fingerprint density at radius 2 is 2.24 bits per heavy atom. The van der Waals surface area contributed by atoms with Gasteiger partial charge in [-0.25, -0.2) is 9.98 Å². The van der Waals surface area contributed by atoms with Gasteiger partial charge < -0.3 is 20.3 Å². The third kappa shape index (κ3) is 3.85. The standard InChI is InChI=1S/C16H16F3N5O3S2/c1-7-2-8-4-29-14(20)23-15(8,6-26-7)13-22-11(5-28-13)21-12(25)9-3-10(27-24-9)16(17,18)19/h3,5,7-8H,2,4,6H2,1H3,(H2,20,23)(H,21,25)/t7-,8-,15-/m0/s1. The lowest BCUT2D eigenvalue weighted by Gasteiger charge is -2.44. The first kappa shape index (κ1) is 20.2. The second kappa shape index (κ2) is 7.29. The van der Waals surface area contributed by atoms with Gasteiger partial charge in [0.05, 0.1) is 12.7 Å². The molecule has 0 radical (unpaired) electrons. The first-order chi connectivity index (χ1) is 13.7. The SMILES string of the molecule is C[C@H]1C[C@H]2CSC(N)=N[C@@]2(c2nc(NC(=O)c3cc(C(F)(F)F)on3)cs2)CO1. The van der Waals surface area contributed by atoms with Crippen LogP contribution in [0.3, 0.4) is 0 Å². The molecule has 3 N–H and O–H groups in total. The number of alkyl halides is 3. The Kier molecular flexibility index (Phi) is 5.07. The van der Waals surface area contributed by atoms with E-state index in [1.165, 1.54) is 23.1 Å². The van der Waals surface area contributed by atoms with Gasteiger partial charge in [-0.05, 0) is 13.3 Å². The van der Waals surface area contributed by atoms with E-state index in [1.54, 1.807) is 5.38 Å². The van der Waals surface area contributed by atoms with Crippen LogP contribution in [0, 0.1) is 5.92 Å². The highest BCUT2D eigenvalue weighted by Gasteiger charge is 2.49. The highest BCUT2D eigenvalue weighted by Crippen LogP contribution is 2.47. The summed E-state index contributed by atoms with van der Waals surface area (Å²) in [6.45, 7) is 2.32. The summed E-state index contributed by atoms with van der Waals surface area (Å²) in [5.41, 5.74) is 4.73. The van der Waals surface area contributed by atoms with E-state index < -0.39 is 29.1 Å². The number of hydrogen-bond donors (Lipinski definition) is 2. The van der Waals surface area contributed by atoms with E-state index in [9.17, 15) is 18.0 Å². The van der Waals surface area contributed by atoms with E-state index in [0.29, 0.717) is 22.8 Å². The van der Waals surface area contributed by atoms with Crippen LogP contribution in [-0.2, 0) is 16.5 Å². The van der Waals surface area contributed by atoms with Crippen LogP contribution in [0.4, 0.5) is 19.0 Å². The monoisotopic (exact) mass is 447 g/mol. The molecule has 4 rings (SSSR count). The lowest BCUT2D eigenvalue weighted by atomic mass is 9.80. The van der Waals surface area contributed by atoms with Crippen molar-refractivity contribution in [3.8, 4) is 0 Å². The summed E-state index contributed by atoms with van der Waals surface area (Å²) in [7, 11) is 0. The molecule has 0 aliphatic carbocycles. The topological polar surface area (TPSA) is 116 Å². The third-order valence-corrected chi connectivity index (χ3v) is 6.73. The number of amidine groups is 1. The molecule has 1 fully saturated rings. The zero-order valence-corrected chi connectivity index (χ0v) is 16.7. The first-order valence-corrected chi connectivity index (χ1v) is 10.4. The summed E-state index contributed by atoms with van der Waals surface area (Å²) >= 11 is 2.77. The molecule has 13 heteroatoms. The molecule has 0 aromatic carbocycles. The van der Waals surface area contributed by atoms with E-state index >= 15 is 0 Å². The molecule has 3 atom stereocenters. The number of fused-ring (bicyclic) bond motifs is 1. The number of nitrogens with two attached hydrogens (primary N) is 1. The van der Waals surface area contributed by atoms with Crippen molar-refractivity contribution in [1.29, 1.82) is 0 Å². The Bertz CT molecular complexity index is 960. The van der Waals surface area contributed by atoms with Crippen molar-refractivity contribution in [3.63, 3.8) is 0 Å². The van der Waals surface area contributed by atoms with E-state index in [0.717, 1.165) is 12.2 Å². The maximum atomic E-state index is 12.6. The van der Waals surface area contributed by atoms with Crippen molar-refractivity contribution >= 4 is 40.0 Å². The second-order valence-electron chi connectivity index (χ2n) is 6.81. The fourth-order valence-corrected chi connectivity index (χ4v) is 5.28. The van der Waals surface area contributed by atoms with Crippen LogP contribution in [0.5, 0.6) is 0 Å². The molecule has 0 spiro atoms. The van der Waals surface area contributed by atoms with Crippen LogP contribution in [0.15, 0.2) is 21.0 Å². The summed E-state index contributed by atoms with van der Waals surface area (Å²) in [6.07, 6.45) is -3.83. The van der Waals surface area contributed by atoms with Gasteiger partial charge in [0, 0.05) is 23.1 Å². The number of carbonyl (C=O) groups excluding carboxylic acids is 1. The molecule has 0 unspecified atom stereocenters. The van der Waals surface area contributed by atoms with E-state index in [1.807, 2.05) is 6.92 Å². The van der Waals surface area contributed by atoms with Crippen molar-refractivity contribution in [2.24, 2.45) is 16.6 Å². The number of nitrogens with one attached hydrogen (secondary N) is 1. The summed E-state index contributed by atoms with van der Waals surface area (Å²) in [4.78, 5) is 21.3. The number of amides is 1. The van der Waals surface area contributed by atoms with Crippen LogP contribution < -0.4 is 11.1 Å². The molecule has 2 aliphatic heterocycles. The number of halogens is 3. The van der Waals surface area contributed by atoms with Gasteiger partial charge in [-0.1, -0.05) is 16.9 Å². The summed E-state index contributed by atoms with van der Waals surface area (Å²) < 4.78 is 47.8. The smallest absolute Gasteiger partial charge is 0.379 e. The van der Waals surface area contributed by atoms with E-state index in [4.69, 9.17) is 10.5 Å². The average Bonchev–Trinajstić information content (AvgIpc) is 3.31. The normalized spacial score (nSPS) is 27.2. The van der Waals surface area contributed by atoms with Gasteiger partial charge in [-0.3, -0.25) is 4.79 Å². The van der Waals surface area contributed by atoms with Crippen molar-refractivity contribution in [2.45, 2.75) is 31.2 Å². The fraction of sp³-hybridized carbons (Fsp3) is 0.500. The average molecular weight is 447 g/mol. The van der Waals surface area contributed by atoms with Gasteiger partial charge in [0.2, 0.25) is 5.76 Å². The highest BCUT2D eigenvalue weighted by molar-refractivity contribution is 8.13. The van der Waals surface area contributed by atoms with Crippen LogP contribution in [-0.4, -0.2) is 39.7 Å². The Balaban J connectivity index is 1.55. The van der Waals surface area contributed by atoms with E-state index in [-0.39, 0.29) is 17.8 Å². The quantitative estimate of drug-likeness (QED) is 0.743. The number of ether oxygens (including phenoxy) is 1. The van der Waals surface area contributed by atoms with E-state index in [2.05, 4.69) is 25.0 Å².